The Morgan fingerprint density at radius 1 is 1.48 bits per heavy atom. The molecule has 0 aliphatic heterocycles. The zero-order chi connectivity index (χ0) is 15.6. The Morgan fingerprint density at radius 3 is 2.71 bits per heavy atom. The molecular weight excluding hydrogens is 339 g/mol. The van der Waals surface area contributed by atoms with Gasteiger partial charge in [-0.05, 0) is 41.4 Å². The van der Waals surface area contributed by atoms with Gasteiger partial charge in [0.05, 0.1) is 21.4 Å². The van der Waals surface area contributed by atoms with Crippen LogP contribution in [0.1, 0.15) is 35.6 Å². The standard InChI is InChI=1S/C15H16BrFN2O2/c1-4-13-15(16)14(19(3)18-13)8-21-10-5-6-11(9(2)20)12(17)7-10/h5-7H,4,8H2,1-3H3. The van der Waals surface area contributed by atoms with Gasteiger partial charge in [-0.25, -0.2) is 4.39 Å². The van der Waals surface area contributed by atoms with Crippen molar-refractivity contribution in [2.24, 2.45) is 7.05 Å². The number of Topliss-reactive ketones (excluding diaryl/α,β-unsaturated/α-hetero) is 1. The van der Waals surface area contributed by atoms with E-state index in [0.29, 0.717) is 5.75 Å². The first-order valence-corrected chi connectivity index (χ1v) is 7.36. The molecule has 0 spiro atoms. The summed E-state index contributed by atoms with van der Waals surface area (Å²) >= 11 is 3.50. The molecule has 4 nitrogen and oxygen atoms in total. The average molecular weight is 355 g/mol. The second-order valence-electron chi connectivity index (χ2n) is 4.67. The van der Waals surface area contributed by atoms with Gasteiger partial charge in [0.25, 0.3) is 0 Å². The van der Waals surface area contributed by atoms with Gasteiger partial charge in [-0.3, -0.25) is 9.48 Å². The van der Waals surface area contributed by atoms with Crippen LogP contribution < -0.4 is 4.74 Å². The van der Waals surface area contributed by atoms with Crippen LogP contribution in [0.2, 0.25) is 0 Å². The maximum atomic E-state index is 13.7. The Balaban J connectivity index is 2.15. The van der Waals surface area contributed by atoms with E-state index >= 15 is 0 Å². The number of ether oxygens (including phenoxy) is 1. The molecule has 1 heterocycles. The quantitative estimate of drug-likeness (QED) is 0.769. The van der Waals surface area contributed by atoms with E-state index in [1.165, 1.54) is 19.1 Å². The number of carbonyl (C=O) groups is 1. The summed E-state index contributed by atoms with van der Waals surface area (Å²) < 4.78 is 22.0. The molecule has 0 unspecified atom stereocenters. The molecule has 0 aliphatic rings. The molecule has 0 radical (unpaired) electrons. The Kier molecular flexibility index (Phi) is 4.77. The zero-order valence-electron chi connectivity index (χ0n) is 12.1. The third-order valence-corrected chi connectivity index (χ3v) is 4.11. The van der Waals surface area contributed by atoms with Crippen LogP contribution in [0.4, 0.5) is 4.39 Å². The second kappa shape index (κ2) is 6.39. The summed E-state index contributed by atoms with van der Waals surface area (Å²) in [6, 6.07) is 4.25. The topological polar surface area (TPSA) is 44.1 Å². The summed E-state index contributed by atoms with van der Waals surface area (Å²) in [5.41, 5.74) is 1.90. The molecule has 0 amide bonds. The Morgan fingerprint density at radius 2 is 2.19 bits per heavy atom. The second-order valence-corrected chi connectivity index (χ2v) is 5.46. The molecule has 0 saturated carbocycles. The predicted molar refractivity (Wildman–Crippen MR) is 81.0 cm³/mol. The molecule has 0 aliphatic carbocycles. The lowest BCUT2D eigenvalue weighted by Crippen LogP contribution is -2.04. The molecule has 21 heavy (non-hydrogen) atoms. The van der Waals surface area contributed by atoms with Crippen LogP contribution in [-0.2, 0) is 20.1 Å². The van der Waals surface area contributed by atoms with Crippen molar-refractivity contribution >= 4 is 21.7 Å². The summed E-state index contributed by atoms with van der Waals surface area (Å²) in [5.74, 6) is -0.497. The van der Waals surface area contributed by atoms with E-state index in [1.54, 1.807) is 10.7 Å². The van der Waals surface area contributed by atoms with Crippen molar-refractivity contribution < 1.29 is 13.9 Å². The molecule has 6 heteroatoms. The third kappa shape index (κ3) is 3.32. The van der Waals surface area contributed by atoms with Crippen molar-refractivity contribution in [3.63, 3.8) is 0 Å². The fourth-order valence-corrected chi connectivity index (χ4v) is 2.73. The van der Waals surface area contributed by atoms with Gasteiger partial charge in [0.2, 0.25) is 0 Å². The Labute approximate surface area is 131 Å². The number of rotatable bonds is 5. The molecular formula is C15H16BrFN2O2. The van der Waals surface area contributed by atoms with Crippen LogP contribution in [0.25, 0.3) is 0 Å². The summed E-state index contributed by atoms with van der Waals surface area (Å²) in [5, 5.41) is 4.37. The molecule has 1 aromatic carbocycles. The number of carbonyl (C=O) groups excluding carboxylic acids is 1. The van der Waals surface area contributed by atoms with Crippen LogP contribution in [0.3, 0.4) is 0 Å². The van der Waals surface area contributed by atoms with Gasteiger partial charge in [0.1, 0.15) is 18.2 Å². The van der Waals surface area contributed by atoms with Crippen molar-refractivity contribution in [2.75, 3.05) is 0 Å². The minimum absolute atomic E-state index is 0.0670. The highest BCUT2D eigenvalue weighted by atomic mass is 79.9. The van der Waals surface area contributed by atoms with E-state index in [9.17, 15) is 9.18 Å². The molecule has 0 bridgehead atoms. The van der Waals surface area contributed by atoms with Crippen LogP contribution in [0.15, 0.2) is 22.7 Å². The van der Waals surface area contributed by atoms with Crippen molar-refractivity contribution in [3.05, 3.63) is 45.4 Å². The first-order chi connectivity index (χ1) is 9.93. The summed E-state index contributed by atoms with van der Waals surface area (Å²) in [7, 11) is 1.84. The fraction of sp³-hybridized carbons (Fsp3) is 0.333. The number of aromatic nitrogens is 2. The van der Waals surface area contributed by atoms with Crippen molar-refractivity contribution in [1.82, 2.24) is 9.78 Å². The lowest BCUT2D eigenvalue weighted by molar-refractivity contribution is 0.101. The van der Waals surface area contributed by atoms with E-state index in [0.717, 1.165) is 22.3 Å². The first kappa shape index (κ1) is 15.7. The van der Waals surface area contributed by atoms with Gasteiger partial charge >= 0.3 is 0 Å². The average Bonchev–Trinajstić information content (AvgIpc) is 2.71. The van der Waals surface area contributed by atoms with Crippen molar-refractivity contribution in [3.8, 4) is 5.75 Å². The van der Waals surface area contributed by atoms with Crippen molar-refractivity contribution in [1.29, 1.82) is 0 Å². The van der Waals surface area contributed by atoms with Gasteiger partial charge in [0.15, 0.2) is 5.78 Å². The highest BCUT2D eigenvalue weighted by Gasteiger charge is 2.14. The van der Waals surface area contributed by atoms with Crippen LogP contribution in [0.5, 0.6) is 5.75 Å². The van der Waals surface area contributed by atoms with Crippen molar-refractivity contribution in [2.45, 2.75) is 26.9 Å². The number of nitrogens with zero attached hydrogens (tertiary/aromatic N) is 2. The van der Waals surface area contributed by atoms with Gasteiger partial charge < -0.3 is 4.74 Å². The number of ketones is 1. The maximum Gasteiger partial charge on any atom is 0.162 e. The number of hydrogen-bond donors (Lipinski definition) is 0. The van der Waals surface area contributed by atoms with Gasteiger partial charge in [-0.2, -0.15) is 5.10 Å². The number of benzene rings is 1. The molecule has 2 rings (SSSR count). The monoisotopic (exact) mass is 354 g/mol. The van der Waals surface area contributed by atoms with Crippen LogP contribution in [-0.4, -0.2) is 15.6 Å². The van der Waals surface area contributed by atoms with Gasteiger partial charge in [-0.15, -0.1) is 0 Å². The molecule has 0 fully saturated rings. The number of hydrogen-bond acceptors (Lipinski definition) is 3. The SMILES string of the molecule is CCc1nn(C)c(COc2ccc(C(C)=O)c(F)c2)c1Br. The predicted octanol–water partition coefficient (Wildman–Crippen LogP) is 3.67. The molecule has 112 valence electrons. The third-order valence-electron chi connectivity index (χ3n) is 3.20. The van der Waals surface area contributed by atoms with Crippen LogP contribution in [0, 0.1) is 5.82 Å². The minimum Gasteiger partial charge on any atom is -0.487 e. The fourth-order valence-electron chi connectivity index (χ4n) is 2.00. The van der Waals surface area contributed by atoms with E-state index in [4.69, 9.17) is 4.74 Å². The molecule has 1 aromatic heterocycles. The normalized spacial score (nSPS) is 10.7. The summed E-state index contributed by atoms with van der Waals surface area (Å²) in [6.07, 6.45) is 0.816. The highest BCUT2D eigenvalue weighted by molar-refractivity contribution is 9.10. The smallest absolute Gasteiger partial charge is 0.162 e. The van der Waals surface area contributed by atoms with Crippen LogP contribution >= 0.6 is 15.9 Å². The molecule has 0 N–H and O–H groups in total. The number of aryl methyl sites for hydroxylation is 2. The maximum absolute atomic E-state index is 13.7. The van der Waals surface area contributed by atoms with E-state index in [2.05, 4.69) is 21.0 Å². The number of halogens is 2. The first-order valence-electron chi connectivity index (χ1n) is 6.57. The Bertz CT molecular complexity index is 683. The summed E-state index contributed by atoms with van der Waals surface area (Å²) in [6.45, 7) is 3.62. The molecule has 0 saturated heterocycles. The summed E-state index contributed by atoms with van der Waals surface area (Å²) in [4.78, 5) is 11.2. The van der Waals surface area contributed by atoms with E-state index in [-0.39, 0.29) is 18.0 Å². The lowest BCUT2D eigenvalue weighted by Gasteiger charge is -2.08. The lowest BCUT2D eigenvalue weighted by atomic mass is 10.1. The molecule has 0 atom stereocenters. The minimum atomic E-state index is -0.571. The Hall–Kier alpha value is -1.69. The van der Waals surface area contributed by atoms with E-state index in [1.807, 2.05) is 14.0 Å². The van der Waals surface area contributed by atoms with E-state index < -0.39 is 5.82 Å². The van der Waals surface area contributed by atoms with Gasteiger partial charge in [0, 0.05) is 13.1 Å². The largest absolute Gasteiger partial charge is 0.487 e. The zero-order valence-corrected chi connectivity index (χ0v) is 13.7. The molecule has 2 aromatic rings. The van der Waals surface area contributed by atoms with Gasteiger partial charge in [-0.1, -0.05) is 6.92 Å². The highest BCUT2D eigenvalue weighted by Crippen LogP contribution is 2.24.